The molecule has 1 saturated carbocycles. The molecule has 1 aromatic heterocycles. The van der Waals surface area contributed by atoms with Gasteiger partial charge in [-0.1, -0.05) is 61.9 Å². The summed E-state index contributed by atoms with van der Waals surface area (Å²) in [6.07, 6.45) is 8.70. The van der Waals surface area contributed by atoms with Gasteiger partial charge in [-0.3, -0.25) is 9.89 Å². The maximum Gasteiger partial charge on any atom is 0.230 e. The van der Waals surface area contributed by atoms with Crippen molar-refractivity contribution in [2.75, 3.05) is 5.75 Å². The van der Waals surface area contributed by atoms with E-state index in [1.165, 1.54) is 36.6 Å². The molecule has 6 heteroatoms. The minimum absolute atomic E-state index is 0.0653. The third-order valence-electron chi connectivity index (χ3n) is 4.88. The second-order valence-corrected chi connectivity index (χ2v) is 7.86. The molecule has 5 nitrogen and oxygen atoms in total. The van der Waals surface area contributed by atoms with Gasteiger partial charge in [0.25, 0.3) is 0 Å². The van der Waals surface area contributed by atoms with Crippen molar-refractivity contribution >= 4 is 29.8 Å². The van der Waals surface area contributed by atoms with Crippen LogP contribution in [-0.4, -0.2) is 32.9 Å². The van der Waals surface area contributed by atoms with Crippen molar-refractivity contribution in [2.24, 2.45) is 5.92 Å². The molecule has 1 amide bonds. The number of carbonyl (C=O) groups excluding carboxylic acids is 1. The zero-order valence-electron chi connectivity index (χ0n) is 15.4. The fourth-order valence-electron chi connectivity index (χ4n) is 3.25. The molecule has 26 heavy (non-hydrogen) atoms. The van der Waals surface area contributed by atoms with Crippen molar-refractivity contribution in [1.82, 2.24) is 20.5 Å². The first kappa shape index (κ1) is 18.7. The van der Waals surface area contributed by atoms with Gasteiger partial charge in [0.05, 0.1) is 5.75 Å². The first-order valence-corrected chi connectivity index (χ1v) is 10.2. The predicted octanol–water partition coefficient (Wildman–Crippen LogP) is 4.07. The largest absolute Gasteiger partial charge is 0.352 e. The van der Waals surface area contributed by atoms with Crippen molar-refractivity contribution in [1.29, 1.82) is 0 Å². The van der Waals surface area contributed by atoms with Gasteiger partial charge >= 0.3 is 0 Å². The van der Waals surface area contributed by atoms with Gasteiger partial charge in [-0.25, -0.2) is 4.98 Å². The van der Waals surface area contributed by atoms with E-state index in [0.717, 1.165) is 12.0 Å². The number of hydrogen-bond donors (Lipinski definition) is 2. The number of aryl methyl sites for hydroxylation is 1. The lowest BCUT2D eigenvalue weighted by atomic mass is 9.86. The van der Waals surface area contributed by atoms with E-state index >= 15 is 0 Å². The molecule has 1 aromatic carbocycles. The second-order valence-electron chi connectivity index (χ2n) is 6.92. The number of benzene rings is 1. The summed E-state index contributed by atoms with van der Waals surface area (Å²) in [5, 5.41) is 10.8. The number of nitrogens with zero attached hydrogens (tertiary/aromatic N) is 2. The molecule has 1 fully saturated rings. The fourth-order valence-corrected chi connectivity index (χ4v) is 3.87. The average molecular weight is 371 g/mol. The Balaban J connectivity index is 1.49. The molecule has 0 radical (unpaired) electrons. The molecule has 2 N–H and O–H groups in total. The van der Waals surface area contributed by atoms with Crippen LogP contribution in [0.4, 0.5) is 0 Å². The number of aromatic nitrogens is 3. The zero-order chi connectivity index (χ0) is 18.4. The van der Waals surface area contributed by atoms with Crippen LogP contribution in [-0.2, 0) is 4.79 Å². The van der Waals surface area contributed by atoms with Crippen LogP contribution < -0.4 is 5.32 Å². The first-order chi connectivity index (χ1) is 12.6. The Kier molecular flexibility index (Phi) is 6.50. The molecule has 0 spiro atoms. The third-order valence-corrected chi connectivity index (χ3v) is 5.73. The molecule has 3 rings (SSSR count). The minimum atomic E-state index is 0.0653. The van der Waals surface area contributed by atoms with Gasteiger partial charge in [0.15, 0.2) is 0 Å². The predicted molar refractivity (Wildman–Crippen MR) is 107 cm³/mol. The van der Waals surface area contributed by atoms with Crippen molar-refractivity contribution in [3.8, 4) is 0 Å². The molecule has 1 aliphatic rings. The zero-order valence-corrected chi connectivity index (χ0v) is 16.2. The number of amides is 1. The summed E-state index contributed by atoms with van der Waals surface area (Å²) >= 11 is 1.36. The highest BCUT2D eigenvalue weighted by atomic mass is 32.2. The van der Waals surface area contributed by atoms with Crippen LogP contribution in [0.15, 0.2) is 29.4 Å². The lowest BCUT2D eigenvalue weighted by Crippen LogP contribution is -2.41. The average Bonchev–Trinajstić information content (AvgIpc) is 3.09. The van der Waals surface area contributed by atoms with Gasteiger partial charge < -0.3 is 5.32 Å². The maximum atomic E-state index is 12.2. The van der Waals surface area contributed by atoms with Gasteiger partial charge in [0.2, 0.25) is 11.1 Å². The Morgan fingerprint density at radius 2 is 2.12 bits per heavy atom. The van der Waals surface area contributed by atoms with Crippen LogP contribution >= 0.6 is 11.8 Å². The Labute approximate surface area is 159 Å². The Morgan fingerprint density at radius 3 is 2.92 bits per heavy atom. The van der Waals surface area contributed by atoms with Gasteiger partial charge in [0.1, 0.15) is 5.82 Å². The van der Waals surface area contributed by atoms with E-state index in [-0.39, 0.29) is 5.91 Å². The minimum Gasteiger partial charge on any atom is -0.352 e. The standard InChI is InChI=1S/C20H26N4OS/c1-14-7-3-5-9-16(14)11-12-18-22-20(24-23-18)26-13-19(25)21-17-10-6-4-8-15(17)2/h3,5,7,9,11-12,15,17H,4,6,8,10,13H2,1-2H3,(H,21,25)(H,22,23,24)/b12-11+. The monoisotopic (exact) mass is 370 g/mol. The number of carbonyl (C=O) groups is 1. The lowest BCUT2D eigenvalue weighted by molar-refractivity contribution is -0.119. The maximum absolute atomic E-state index is 12.2. The van der Waals surface area contributed by atoms with Crippen LogP contribution in [0.2, 0.25) is 0 Å². The first-order valence-electron chi connectivity index (χ1n) is 9.20. The molecule has 2 unspecified atom stereocenters. The number of aromatic amines is 1. The highest BCUT2D eigenvalue weighted by Crippen LogP contribution is 2.24. The van der Waals surface area contributed by atoms with Crippen molar-refractivity contribution in [2.45, 2.75) is 50.7 Å². The topological polar surface area (TPSA) is 70.7 Å². The molecule has 0 bridgehead atoms. The number of nitrogens with one attached hydrogen (secondary N) is 2. The highest BCUT2D eigenvalue weighted by molar-refractivity contribution is 7.99. The number of H-pyrrole nitrogens is 1. The molecule has 2 atom stereocenters. The van der Waals surface area contributed by atoms with Gasteiger partial charge in [-0.05, 0) is 42.9 Å². The van der Waals surface area contributed by atoms with Crippen LogP contribution in [0.5, 0.6) is 0 Å². The molecule has 2 aromatic rings. The number of rotatable bonds is 6. The van der Waals surface area contributed by atoms with E-state index in [1.54, 1.807) is 0 Å². The fraction of sp³-hybridized carbons (Fsp3) is 0.450. The molecule has 1 heterocycles. The number of hydrogen-bond acceptors (Lipinski definition) is 4. The summed E-state index contributed by atoms with van der Waals surface area (Å²) in [5.41, 5.74) is 2.37. The van der Waals surface area contributed by atoms with E-state index in [9.17, 15) is 4.79 Å². The van der Waals surface area contributed by atoms with Crippen LogP contribution in [0.1, 0.15) is 49.6 Å². The Morgan fingerprint density at radius 1 is 1.31 bits per heavy atom. The quantitative estimate of drug-likeness (QED) is 0.752. The normalized spacial score (nSPS) is 20.4. The summed E-state index contributed by atoms with van der Waals surface area (Å²) in [6.45, 7) is 4.30. The second kappa shape index (κ2) is 9.03. The van der Waals surface area contributed by atoms with Crippen LogP contribution in [0.3, 0.4) is 0 Å². The summed E-state index contributed by atoms with van der Waals surface area (Å²) in [6, 6.07) is 8.49. The molecule has 0 aliphatic heterocycles. The van der Waals surface area contributed by atoms with Gasteiger partial charge in [-0.2, -0.15) is 0 Å². The third kappa shape index (κ3) is 5.21. The highest BCUT2D eigenvalue weighted by Gasteiger charge is 2.22. The molecular weight excluding hydrogens is 344 g/mol. The van der Waals surface area contributed by atoms with E-state index in [1.807, 2.05) is 24.3 Å². The van der Waals surface area contributed by atoms with E-state index in [2.05, 4.69) is 46.5 Å². The molecular formula is C20H26N4OS. The van der Waals surface area contributed by atoms with Crippen LogP contribution in [0.25, 0.3) is 12.2 Å². The smallest absolute Gasteiger partial charge is 0.230 e. The van der Waals surface area contributed by atoms with Crippen molar-refractivity contribution < 1.29 is 4.79 Å². The summed E-state index contributed by atoms with van der Waals surface area (Å²) in [4.78, 5) is 16.6. The molecule has 1 aliphatic carbocycles. The Hall–Kier alpha value is -2.08. The molecule has 0 saturated heterocycles. The SMILES string of the molecule is Cc1ccccc1/C=C/c1nc(SCC(=O)NC2CCCCC2C)n[nH]1. The van der Waals surface area contributed by atoms with Crippen LogP contribution in [0, 0.1) is 12.8 Å². The van der Waals surface area contributed by atoms with Gasteiger partial charge in [0, 0.05) is 6.04 Å². The summed E-state index contributed by atoms with van der Waals surface area (Å²) in [7, 11) is 0. The summed E-state index contributed by atoms with van der Waals surface area (Å²) < 4.78 is 0. The summed E-state index contributed by atoms with van der Waals surface area (Å²) in [5.74, 6) is 1.68. The Bertz CT molecular complexity index is 771. The number of thioether (sulfide) groups is 1. The van der Waals surface area contributed by atoms with Gasteiger partial charge in [-0.15, -0.1) is 5.10 Å². The van der Waals surface area contributed by atoms with E-state index in [0.29, 0.717) is 28.7 Å². The van der Waals surface area contributed by atoms with E-state index in [4.69, 9.17) is 0 Å². The van der Waals surface area contributed by atoms with E-state index < -0.39 is 0 Å². The lowest BCUT2D eigenvalue weighted by Gasteiger charge is -2.29. The van der Waals surface area contributed by atoms with Crippen molar-refractivity contribution in [3.63, 3.8) is 0 Å². The van der Waals surface area contributed by atoms with Crippen molar-refractivity contribution in [3.05, 3.63) is 41.2 Å². The molecule has 138 valence electrons.